The molecule has 2 aromatic rings. The van der Waals surface area contributed by atoms with Crippen molar-refractivity contribution in [2.75, 3.05) is 18.1 Å². The van der Waals surface area contributed by atoms with E-state index in [9.17, 15) is 9.59 Å². The van der Waals surface area contributed by atoms with Gasteiger partial charge in [-0.3, -0.25) is 9.69 Å². The minimum absolute atomic E-state index is 0.0386. The lowest BCUT2D eigenvalue weighted by Gasteiger charge is -2.32. The molecule has 0 saturated heterocycles. The third-order valence-electron chi connectivity index (χ3n) is 5.37. The fourth-order valence-electron chi connectivity index (χ4n) is 3.87. The Labute approximate surface area is 170 Å². The van der Waals surface area contributed by atoms with Crippen molar-refractivity contribution in [3.8, 4) is 5.75 Å². The largest absolute Gasteiger partial charge is 0.490 e. The number of amides is 1. The van der Waals surface area contributed by atoms with Gasteiger partial charge in [0.25, 0.3) is 0 Å². The summed E-state index contributed by atoms with van der Waals surface area (Å²) in [5, 5.41) is 0. The van der Waals surface area contributed by atoms with E-state index in [-0.39, 0.29) is 30.8 Å². The van der Waals surface area contributed by atoms with E-state index in [2.05, 4.69) is 13.5 Å². The summed E-state index contributed by atoms with van der Waals surface area (Å²) in [5.74, 6) is 0.0201. The maximum Gasteiger partial charge on any atom is 0.336 e. The Kier molecular flexibility index (Phi) is 5.21. The second-order valence-electron chi connectivity index (χ2n) is 7.11. The van der Waals surface area contributed by atoms with Crippen LogP contribution in [0.2, 0.25) is 0 Å². The summed E-state index contributed by atoms with van der Waals surface area (Å²) in [5.41, 5.74) is 4.08. The number of anilines is 1. The van der Waals surface area contributed by atoms with Gasteiger partial charge in [0.05, 0.1) is 11.3 Å². The lowest BCUT2D eigenvalue weighted by molar-refractivity contribution is -0.136. The predicted octanol–water partition coefficient (Wildman–Crippen LogP) is 4.15. The Morgan fingerprint density at radius 3 is 2.52 bits per heavy atom. The molecule has 4 rings (SSSR count). The Bertz CT molecular complexity index is 973. The molecule has 2 heterocycles. The number of rotatable bonds is 6. The molecular weight excluding hydrogens is 366 g/mol. The van der Waals surface area contributed by atoms with Crippen molar-refractivity contribution in [2.45, 2.75) is 25.7 Å². The fourth-order valence-corrected chi connectivity index (χ4v) is 3.87. The van der Waals surface area contributed by atoms with Crippen LogP contribution in [0, 0.1) is 0 Å². The number of carbonyl (C=O) groups is 2. The molecule has 5 heteroatoms. The summed E-state index contributed by atoms with van der Waals surface area (Å²) >= 11 is 0. The van der Waals surface area contributed by atoms with E-state index >= 15 is 0 Å². The van der Waals surface area contributed by atoms with Crippen molar-refractivity contribution in [3.05, 3.63) is 83.6 Å². The molecule has 1 atom stereocenters. The molecular formula is C24H23NO4. The Morgan fingerprint density at radius 2 is 1.86 bits per heavy atom. The average molecular weight is 389 g/mol. The van der Waals surface area contributed by atoms with Gasteiger partial charge < -0.3 is 9.47 Å². The number of cyclic esters (lactones) is 1. The van der Waals surface area contributed by atoms with Crippen LogP contribution in [0.15, 0.2) is 72.5 Å². The molecule has 2 aliphatic rings. The molecule has 0 aromatic heterocycles. The molecule has 29 heavy (non-hydrogen) atoms. The quantitative estimate of drug-likeness (QED) is 0.550. The lowest BCUT2D eigenvalue weighted by Crippen LogP contribution is -2.37. The van der Waals surface area contributed by atoms with Crippen LogP contribution in [0.1, 0.15) is 30.4 Å². The van der Waals surface area contributed by atoms with Gasteiger partial charge in [-0.1, -0.05) is 43.8 Å². The monoisotopic (exact) mass is 389 g/mol. The fraction of sp³-hybridized carbons (Fsp3) is 0.250. The van der Waals surface area contributed by atoms with E-state index in [0.29, 0.717) is 17.9 Å². The van der Waals surface area contributed by atoms with Crippen molar-refractivity contribution in [1.29, 1.82) is 0 Å². The van der Waals surface area contributed by atoms with Crippen LogP contribution in [-0.2, 0) is 20.7 Å². The van der Waals surface area contributed by atoms with Crippen molar-refractivity contribution in [3.63, 3.8) is 0 Å². The van der Waals surface area contributed by atoms with Gasteiger partial charge in [0.15, 0.2) is 0 Å². The average Bonchev–Trinajstić information content (AvgIpc) is 3.13. The predicted molar refractivity (Wildman–Crippen MR) is 111 cm³/mol. The maximum absolute atomic E-state index is 13.1. The van der Waals surface area contributed by atoms with Gasteiger partial charge in [0, 0.05) is 18.0 Å². The number of aryl methyl sites for hydroxylation is 1. The molecule has 1 amide bonds. The van der Waals surface area contributed by atoms with E-state index in [1.807, 2.05) is 48.5 Å². The molecule has 0 fully saturated rings. The van der Waals surface area contributed by atoms with Gasteiger partial charge in [-0.25, -0.2) is 4.79 Å². The van der Waals surface area contributed by atoms with Crippen LogP contribution in [-0.4, -0.2) is 25.1 Å². The second kappa shape index (κ2) is 7.95. The van der Waals surface area contributed by atoms with E-state index in [1.165, 1.54) is 5.56 Å². The number of nitrogens with zero attached hydrogens (tertiary/aromatic N) is 1. The molecule has 2 aromatic carbocycles. The van der Waals surface area contributed by atoms with Gasteiger partial charge in [0.1, 0.15) is 19.0 Å². The first-order chi connectivity index (χ1) is 14.1. The van der Waals surface area contributed by atoms with Crippen LogP contribution in [0.5, 0.6) is 5.75 Å². The zero-order chi connectivity index (χ0) is 20.4. The van der Waals surface area contributed by atoms with Crippen LogP contribution in [0.25, 0.3) is 0 Å². The zero-order valence-electron chi connectivity index (χ0n) is 16.4. The molecule has 0 saturated carbocycles. The second-order valence-corrected chi connectivity index (χ2v) is 7.11. The molecule has 5 nitrogen and oxygen atoms in total. The Morgan fingerprint density at radius 1 is 1.14 bits per heavy atom. The molecule has 2 aliphatic heterocycles. The van der Waals surface area contributed by atoms with Gasteiger partial charge in [0.2, 0.25) is 5.91 Å². The molecule has 0 spiro atoms. The van der Waals surface area contributed by atoms with Gasteiger partial charge in [-0.2, -0.15) is 0 Å². The number of ether oxygens (including phenoxy) is 2. The van der Waals surface area contributed by atoms with Crippen molar-refractivity contribution >= 4 is 17.6 Å². The molecule has 0 aliphatic carbocycles. The highest BCUT2D eigenvalue weighted by atomic mass is 16.5. The van der Waals surface area contributed by atoms with Crippen LogP contribution >= 0.6 is 0 Å². The number of hydrogen-bond acceptors (Lipinski definition) is 4. The minimum atomic E-state index is -0.348. The highest BCUT2D eigenvalue weighted by molar-refractivity contribution is 6.06. The van der Waals surface area contributed by atoms with Gasteiger partial charge in [-0.15, -0.1) is 0 Å². The van der Waals surface area contributed by atoms with Crippen LogP contribution < -0.4 is 9.64 Å². The smallest absolute Gasteiger partial charge is 0.336 e. The summed E-state index contributed by atoms with van der Waals surface area (Å²) in [4.78, 5) is 27.2. The Balaban J connectivity index is 1.69. The van der Waals surface area contributed by atoms with Crippen molar-refractivity contribution in [1.82, 2.24) is 0 Å². The number of benzene rings is 2. The first-order valence-electron chi connectivity index (χ1n) is 9.78. The standard InChI is InChI=1S/C24H23NO4/c1-3-13-28-19-11-7-17(8-12-19)20-14-22(26)25(21-15-29-24(27)23(20)21)18-9-5-16(4-2)6-10-18/h3,5-12,20H,1,4,13-15H2,2H3/t20-/m1/s1. The van der Waals surface area contributed by atoms with E-state index in [4.69, 9.17) is 9.47 Å². The zero-order valence-corrected chi connectivity index (χ0v) is 16.4. The number of carbonyl (C=O) groups excluding carboxylic acids is 2. The topological polar surface area (TPSA) is 55.8 Å². The van der Waals surface area contributed by atoms with E-state index in [1.54, 1.807) is 11.0 Å². The summed E-state index contributed by atoms with van der Waals surface area (Å²) < 4.78 is 10.9. The third kappa shape index (κ3) is 3.56. The van der Waals surface area contributed by atoms with Crippen LogP contribution in [0.4, 0.5) is 5.69 Å². The molecule has 148 valence electrons. The Hall–Kier alpha value is -3.34. The van der Waals surface area contributed by atoms with E-state index in [0.717, 1.165) is 23.4 Å². The minimum Gasteiger partial charge on any atom is -0.490 e. The normalized spacial score (nSPS) is 18.5. The summed E-state index contributed by atoms with van der Waals surface area (Å²) in [6.45, 7) is 6.27. The molecule has 0 unspecified atom stereocenters. The lowest BCUT2D eigenvalue weighted by atomic mass is 9.84. The first kappa shape index (κ1) is 19.0. The summed E-state index contributed by atoms with van der Waals surface area (Å²) in [7, 11) is 0. The first-order valence-corrected chi connectivity index (χ1v) is 9.78. The summed E-state index contributed by atoms with van der Waals surface area (Å²) in [6.07, 6.45) is 2.83. The number of hydrogen-bond donors (Lipinski definition) is 0. The van der Waals surface area contributed by atoms with Crippen molar-refractivity contribution < 1.29 is 19.1 Å². The molecule has 0 bridgehead atoms. The van der Waals surface area contributed by atoms with E-state index < -0.39 is 0 Å². The van der Waals surface area contributed by atoms with Crippen LogP contribution in [0.3, 0.4) is 0 Å². The molecule has 0 radical (unpaired) electrons. The maximum atomic E-state index is 13.1. The highest BCUT2D eigenvalue weighted by Gasteiger charge is 2.42. The van der Waals surface area contributed by atoms with Gasteiger partial charge in [-0.05, 0) is 41.8 Å². The molecule has 0 N–H and O–H groups in total. The SMILES string of the molecule is C=CCOc1ccc([C@H]2CC(=O)N(c3ccc(CC)cc3)C3=C2C(=O)OC3)cc1. The third-order valence-corrected chi connectivity index (χ3v) is 5.37. The highest BCUT2D eigenvalue weighted by Crippen LogP contribution is 2.42. The number of esters is 1. The summed E-state index contributed by atoms with van der Waals surface area (Å²) in [6, 6.07) is 15.4. The van der Waals surface area contributed by atoms with Crippen molar-refractivity contribution in [2.24, 2.45) is 0 Å². The van der Waals surface area contributed by atoms with Gasteiger partial charge >= 0.3 is 5.97 Å².